The zero-order valence-corrected chi connectivity index (χ0v) is 23.2. The van der Waals surface area contributed by atoms with Crippen molar-refractivity contribution in [1.82, 2.24) is 10.2 Å². The van der Waals surface area contributed by atoms with Gasteiger partial charge in [0.25, 0.3) is 0 Å². The van der Waals surface area contributed by atoms with Gasteiger partial charge in [0.05, 0.1) is 17.0 Å². The number of hydrogen-bond donors (Lipinski definition) is 1. The average Bonchev–Trinajstić information content (AvgIpc) is 2.87. The largest absolute Gasteiger partial charge is 0.355 e. The van der Waals surface area contributed by atoms with Crippen LogP contribution in [0.5, 0.6) is 0 Å². The van der Waals surface area contributed by atoms with Gasteiger partial charge in [0.15, 0.2) is 0 Å². The maximum atomic E-state index is 14.7. The lowest BCUT2D eigenvalue weighted by atomic mass is 10.0. The first-order valence-electron chi connectivity index (χ1n) is 11.8. The number of nitrogens with zero attached hydrogens (tertiary/aromatic N) is 2. The molecule has 3 rings (SSSR count). The van der Waals surface area contributed by atoms with Crippen LogP contribution in [0, 0.1) is 5.82 Å². The van der Waals surface area contributed by atoms with Gasteiger partial charge in [-0.25, -0.2) is 12.8 Å². The molecule has 0 heterocycles. The van der Waals surface area contributed by atoms with Crippen LogP contribution in [0.15, 0.2) is 72.8 Å². The summed E-state index contributed by atoms with van der Waals surface area (Å²) in [7, 11) is -4.01. The van der Waals surface area contributed by atoms with Crippen molar-refractivity contribution < 1.29 is 22.4 Å². The molecule has 38 heavy (non-hydrogen) atoms. The lowest BCUT2D eigenvalue weighted by molar-refractivity contribution is -0.140. The molecule has 0 spiro atoms. The molecule has 0 aliphatic rings. The summed E-state index contributed by atoms with van der Waals surface area (Å²) >= 11 is 12.4. The molecule has 1 N–H and O–H groups in total. The predicted octanol–water partition coefficient (Wildman–Crippen LogP) is 4.67. The summed E-state index contributed by atoms with van der Waals surface area (Å²) in [6, 6.07) is 18.2. The fourth-order valence-corrected chi connectivity index (χ4v) is 5.22. The molecule has 3 aromatic carbocycles. The fraction of sp³-hybridized carbons (Fsp3) is 0.259. The van der Waals surface area contributed by atoms with Crippen molar-refractivity contribution in [2.24, 2.45) is 0 Å². The minimum absolute atomic E-state index is 0.0125. The quantitative estimate of drug-likeness (QED) is 0.357. The highest BCUT2D eigenvalue weighted by Crippen LogP contribution is 2.31. The van der Waals surface area contributed by atoms with Gasteiger partial charge in [-0.15, -0.1) is 0 Å². The molecule has 1 unspecified atom stereocenters. The Morgan fingerprint density at radius 3 is 2.29 bits per heavy atom. The first-order chi connectivity index (χ1) is 18.0. The van der Waals surface area contributed by atoms with Crippen LogP contribution in [0.1, 0.15) is 18.1 Å². The lowest BCUT2D eigenvalue weighted by Crippen LogP contribution is -2.53. The van der Waals surface area contributed by atoms with E-state index in [2.05, 4.69) is 5.32 Å². The van der Waals surface area contributed by atoms with Crippen LogP contribution in [-0.4, -0.2) is 50.5 Å². The Balaban J connectivity index is 2.08. The van der Waals surface area contributed by atoms with Crippen LogP contribution in [0.4, 0.5) is 10.1 Å². The van der Waals surface area contributed by atoms with Crippen LogP contribution in [-0.2, 0) is 32.6 Å². The summed E-state index contributed by atoms with van der Waals surface area (Å²) in [6.07, 6.45) is 1.06. The highest BCUT2D eigenvalue weighted by molar-refractivity contribution is 7.92. The third kappa shape index (κ3) is 7.69. The summed E-state index contributed by atoms with van der Waals surface area (Å²) in [4.78, 5) is 28.3. The number of halogens is 3. The van der Waals surface area contributed by atoms with Crippen molar-refractivity contribution >= 4 is 50.7 Å². The number of carbonyl (C=O) groups is 2. The van der Waals surface area contributed by atoms with E-state index in [1.165, 1.54) is 41.3 Å². The third-order valence-electron chi connectivity index (χ3n) is 5.78. The Hall–Kier alpha value is -3.14. The summed E-state index contributed by atoms with van der Waals surface area (Å²) in [6.45, 7) is 1.10. The van der Waals surface area contributed by atoms with Gasteiger partial charge in [0, 0.05) is 30.1 Å². The molecule has 0 aliphatic heterocycles. The molecule has 0 saturated heterocycles. The topological polar surface area (TPSA) is 86.8 Å². The number of rotatable bonds is 11. The van der Waals surface area contributed by atoms with Gasteiger partial charge in [-0.2, -0.15) is 0 Å². The molecular weight excluding hydrogens is 552 g/mol. The van der Waals surface area contributed by atoms with E-state index in [1.807, 2.05) is 18.2 Å². The molecule has 0 bridgehead atoms. The molecule has 0 aliphatic carbocycles. The van der Waals surface area contributed by atoms with E-state index in [1.54, 1.807) is 25.1 Å². The zero-order valence-electron chi connectivity index (χ0n) is 20.9. The Bertz CT molecular complexity index is 1390. The van der Waals surface area contributed by atoms with Gasteiger partial charge in [0.2, 0.25) is 21.8 Å². The first kappa shape index (κ1) is 29.4. The zero-order chi connectivity index (χ0) is 27.9. The minimum Gasteiger partial charge on any atom is -0.355 e. The fourth-order valence-electron chi connectivity index (χ4n) is 3.93. The Morgan fingerprint density at radius 2 is 1.66 bits per heavy atom. The minimum atomic E-state index is -4.01. The number of anilines is 1. The van der Waals surface area contributed by atoms with Crippen molar-refractivity contribution in [1.29, 1.82) is 0 Å². The SMILES string of the molecule is CCNC(=O)C(Cc1ccccc1)N(Cc1ccccc1F)C(=O)CN(c1cc(Cl)ccc1Cl)S(C)(=O)=O. The number of benzene rings is 3. The third-order valence-corrected chi connectivity index (χ3v) is 7.46. The smallest absolute Gasteiger partial charge is 0.244 e. The van der Waals surface area contributed by atoms with Crippen LogP contribution in [0.2, 0.25) is 10.0 Å². The average molecular weight is 581 g/mol. The number of hydrogen-bond acceptors (Lipinski definition) is 4. The van der Waals surface area contributed by atoms with E-state index in [0.717, 1.165) is 16.1 Å². The monoisotopic (exact) mass is 579 g/mol. The molecule has 2 amide bonds. The molecule has 0 fully saturated rings. The number of carbonyl (C=O) groups excluding carboxylic acids is 2. The Morgan fingerprint density at radius 1 is 1.00 bits per heavy atom. The maximum Gasteiger partial charge on any atom is 0.244 e. The Kier molecular flexibility index (Phi) is 10.1. The van der Waals surface area contributed by atoms with Crippen molar-refractivity contribution in [2.45, 2.75) is 25.9 Å². The van der Waals surface area contributed by atoms with E-state index < -0.39 is 40.2 Å². The second-order valence-corrected chi connectivity index (χ2v) is 11.3. The van der Waals surface area contributed by atoms with E-state index in [9.17, 15) is 22.4 Å². The predicted molar refractivity (Wildman–Crippen MR) is 148 cm³/mol. The summed E-state index contributed by atoms with van der Waals surface area (Å²) in [5.41, 5.74) is 0.960. The van der Waals surface area contributed by atoms with E-state index in [-0.39, 0.29) is 34.3 Å². The molecule has 0 aromatic heterocycles. The normalized spacial score (nSPS) is 12.0. The van der Waals surface area contributed by atoms with Gasteiger partial charge in [0.1, 0.15) is 18.4 Å². The molecule has 1 atom stereocenters. The van der Waals surface area contributed by atoms with Crippen molar-refractivity contribution in [3.63, 3.8) is 0 Å². The molecule has 11 heteroatoms. The summed E-state index contributed by atoms with van der Waals surface area (Å²) < 4.78 is 41.1. The lowest BCUT2D eigenvalue weighted by Gasteiger charge is -2.33. The van der Waals surface area contributed by atoms with Gasteiger partial charge < -0.3 is 10.2 Å². The van der Waals surface area contributed by atoms with Gasteiger partial charge in [-0.05, 0) is 36.8 Å². The first-order valence-corrected chi connectivity index (χ1v) is 14.4. The van der Waals surface area contributed by atoms with Crippen LogP contribution < -0.4 is 9.62 Å². The van der Waals surface area contributed by atoms with E-state index >= 15 is 0 Å². The second kappa shape index (κ2) is 13.1. The molecule has 7 nitrogen and oxygen atoms in total. The summed E-state index contributed by atoms with van der Waals surface area (Å²) in [5, 5.41) is 3.02. The molecule has 0 saturated carbocycles. The van der Waals surface area contributed by atoms with Gasteiger partial charge >= 0.3 is 0 Å². The molecule has 0 radical (unpaired) electrons. The van der Waals surface area contributed by atoms with Crippen molar-refractivity contribution in [3.05, 3.63) is 99.8 Å². The number of nitrogens with one attached hydrogen (secondary N) is 1. The van der Waals surface area contributed by atoms with E-state index in [4.69, 9.17) is 23.2 Å². The second-order valence-electron chi connectivity index (χ2n) is 8.58. The van der Waals surface area contributed by atoms with E-state index in [0.29, 0.717) is 6.54 Å². The van der Waals surface area contributed by atoms with Crippen LogP contribution in [0.25, 0.3) is 0 Å². The van der Waals surface area contributed by atoms with Gasteiger partial charge in [-0.3, -0.25) is 13.9 Å². The highest BCUT2D eigenvalue weighted by Gasteiger charge is 2.33. The maximum absolute atomic E-state index is 14.7. The highest BCUT2D eigenvalue weighted by atomic mass is 35.5. The standard InChI is InChI=1S/C27H28Cl2FN3O4S/c1-3-31-27(35)25(15-19-9-5-4-6-10-19)32(17-20-11-7-8-12-23(20)30)26(34)18-33(38(2,36)37)24-16-21(28)13-14-22(24)29/h4-14,16,25H,3,15,17-18H2,1-2H3,(H,31,35). The molecular formula is C27H28Cl2FN3O4S. The molecule has 3 aromatic rings. The van der Waals surface area contributed by atoms with Crippen molar-refractivity contribution in [2.75, 3.05) is 23.7 Å². The summed E-state index contributed by atoms with van der Waals surface area (Å²) in [5.74, 6) is -1.73. The number of sulfonamides is 1. The van der Waals surface area contributed by atoms with Crippen LogP contribution in [0.3, 0.4) is 0 Å². The Labute approximate surface area is 232 Å². The van der Waals surface area contributed by atoms with Crippen molar-refractivity contribution in [3.8, 4) is 0 Å². The van der Waals surface area contributed by atoms with Gasteiger partial charge in [-0.1, -0.05) is 71.7 Å². The molecule has 202 valence electrons. The number of likely N-dealkylation sites (N-methyl/N-ethyl adjacent to an activating group) is 1. The van der Waals surface area contributed by atoms with Crippen LogP contribution >= 0.6 is 23.2 Å². The number of amides is 2.